The maximum Gasteiger partial charge on any atom is 0.238 e. The van der Waals surface area contributed by atoms with Crippen LogP contribution in [0.4, 0.5) is 5.88 Å². The van der Waals surface area contributed by atoms with Crippen molar-refractivity contribution in [1.29, 1.82) is 5.26 Å². The molecule has 176 valence electrons. The van der Waals surface area contributed by atoms with E-state index in [9.17, 15) is 5.26 Å². The maximum absolute atomic E-state index is 10.1. The molecule has 35 heavy (non-hydrogen) atoms. The molecule has 0 saturated carbocycles. The highest BCUT2D eigenvalue weighted by molar-refractivity contribution is 9.10. The smallest absolute Gasteiger partial charge is 0.238 e. The molecule has 0 amide bonds. The van der Waals surface area contributed by atoms with E-state index >= 15 is 0 Å². The molecule has 3 aromatic carbocycles. The van der Waals surface area contributed by atoms with E-state index in [1.165, 1.54) is 0 Å². The fraction of sp³-hybridized carbons (Fsp3) is 0.172. The lowest BCUT2D eigenvalue weighted by molar-refractivity contribution is 0.310. The average Bonchev–Trinajstić information content (AvgIpc) is 3.22. The number of hydrogen-bond donors (Lipinski definition) is 0. The number of halogens is 1. The summed E-state index contributed by atoms with van der Waals surface area (Å²) in [5.74, 6) is 2.08. The largest absolute Gasteiger partial charge is 0.492 e. The van der Waals surface area contributed by atoms with Crippen molar-refractivity contribution in [1.82, 2.24) is 0 Å². The van der Waals surface area contributed by atoms with E-state index in [1.807, 2.05) is 81.4 Å². The number of aliphatic imine (C=N–C) groups is 1. The molecular formula is C29H25BrN2O3. The van der Waals surface area contributed by atoms with E-state index < -0.39 is 0 Å². The predicted octanol–water partition coefficient (Wildman–Crippen LogP) is 8.02. The molecule has 4 rings (SSSR count). The first-order valence-corrected chi connectivity index (χ1v) is 12.0. The van der Waals surface area contributed by atoms with Gasteiger partial charge in [-0.05, 0) is 60.0 Å². The highest BCUT2D eigenvalue weighted by atomic mass is 79.9. The Hall–Kier alpha value is -3.82. The van der Waals surface area contributed by atoms with Crippen molar-refractivity contribution in [2.75, 3.05) is 13.7 Å². The fourth-order valence-electron chi connectivity index (χ4n) is 3.77. The molecule has 5 nitrogen and oxygen atoms in total. The van der Waals surface area contributed by atoms with Gasteiger partial charge in [-0.3, -0.25) is 0 Å². The third kappa shape index (κ3) is 5.16. The van der Waals surface area contributed by atoms with Crippen LogP contribution in [0.1, 0.15) is 29.2 Å². The number of ether oxygens (including phenoxy) is 2. The molecule has 6 heteroatoms. The lowest BCUT2D eigenvalue weighted by atomic mass is 9.97. The minimum atomic E-state index is 0.253. The van der Waals surface area contributed by atoms with Crippen LogP contribution in [-0.4, -0.2) is 19.9 Å². The number of aryl methyl sites for hydroxylation is 2. The lowest BCUT2D eigenvalue weighted by Gasteiger charge is -2.11. The van der Waals surface area contributed by atoms with Gasteiger partial charge in [-0.2, -0.15) is 5.26 Å². The predicted molar refractivity (Wildman–Crippen MR) is 143 cm³/mol. The third-order valence-corrected chi connectivity index (χ3v) is 6.11. The maximum atomic E-state index is 10.1. The Bertz CT molecular complexity index is 1410. The van der Waals surface area contributed by atoms with Crippen molar-refractivity contribution in [3.05, 3.63) is 87.4 Å². The van der Waals surface area contributed by atoms with Crippen LogP contribution in [0.3, 0.4) is 0 Å². The van der Waals surface area contributed by atoms with Crippen molar-refractivity contribution in [3.63, 3.8) is 0 Å². The topological polar surface area (TPSA) is 67.8 Å². The second-order valence-electron chi connectivity index (χ2n) is 8.06. The molecule has 0 spiro atoms. The number of nitriles is 1. The van der Waals surface area contributed by atoms with Crippen LogP contribution in [0, 0.1) is 25.2 Å². The quantitative estimate of drug-likeness (QED) is 0.227. The van der Waals surface area contributed by atoms with E-state index in [0.717, 1.165) is 37.9 Å². The summed E-state index contributed by atoms with van der Waals surface area (Å²) >= 11 is 3.53. The normalized spacial score (nSPS) is 11.0. The summed E-state index contributed by atoms with van der Waals surface area (Å²) in [6, 6.07) is 22.1. The van der Waals surface area contributed by atoms with E-state index in [2.05, 4.69) is 27.0 Å². The third-order valence-electron chi connectivity index (χ3n) is 5.52. The van der Waals surface area contributed by atoms with Gasteiger partial charge in [0.2, 0.25) is 5.88 Å². The van der Waals surface area contributed by atoms with Gasteiger partial charge in [-0.25, -0.2) is 4.99 Å². The molecule has 0 N–H and O–H groups in total. The van der Waals surface area contributed by atoms with Crippen LogP contribution >= 0.6 is 15.9 Å². The number of hydrogen-bond acceptors (Lipinski definition) is 5. The SMILES string of the molecule is CCOc1cc(C=Nc2oc(-c3ccc(C)cc3)c(-c3ccc(C)cc3)c2C#N)cc(Br)c1OC. The van der Waals surface area contributed by atoms with Gasteiger partial charge < -0.3 is 13.9 Å². The van der Waals surface area contributed by atoms with Gasteiger partial charge in [0.15, 0.2) is 11.5 Å². The van der Waals surface area contributed by atoms with Gasteiger partial charge in [-0.15, -0.1) is 0 Å². The zero-order chi connectivity index (χ0) is 24.9. The summed E-state index contributed by atoms with van der Waals surface area (Å²) in [5.41, 5.74) is 5.96. The van der Waals surface area contributed by atoms with Gasteiger partial charge in [0.05, 0.1) is 18.2 Å². The van der Waals surface area contributed by atoms with Gasteiger partial charge in [0.1, 0.15) is 17.4 Å². The zero-order valence-corrected chi connectivity index (χ0v) is 21.6. The van der Waals surface area contributed by atoms with Gasteiger partial charge in [0.25, 0.3) is 0 Å². The first kappa shape index (κ1) is 24.3. The lowest BCUT2D eigenvalue weighted by Crippen LogP contribution is -1.97. The van der Waals surface area contributed by atoms with Gasteiger partial charge in [0, 0.05) is 17.3 Å². The van der Waals surface area contributed by atoms with Gasteiger partial charge in [-0.1, -0.05) is 59.7 Å². The van der Waals surface area contributed by atoms with E-state index in [4.69, 9.17) is 13.9 Å². The first-order chi connectivity index (χ1) is 16.9. The first-order valence-electron chi connectivity index (χ1n) is 11.2. The Balaban J connectivity index is 1.85. The molecule has 0 unspecified atom stereocenters. The highest BCUT2D eigenvalue weighted by Crippen LogP contribution is 2.43. The molecule has 4 aromatic rings. The monoisotopic (exact) mass is 528 g/mol. The van der Waals surface area contributed by atoms with E-state index in [0.29, 0.717) is 29.4 Å². The van der Waals surface area contributed by atoms with Crippen molar-refractivity contribution in [2.45, 2.75) is 20.8 Å². The summed E-state index contributed by atoms with van der Waals surface area (Å²) < 4.78 is 18.1. The van der Waals surface area contributed by atoms with Crippen LogP contribution in [-0.2, 0) is 0 Å². The fourth-order valence-corrected chi connectivity index (χ4v) is 4.40. The van der Waals surface area contributed by atoms with E-state index in [-0.39, 0.29) is 5.88 Å². The average molecular weight is 529 g/mol. The van der Waals surface area contributed by atoms with Crippen molar-refractivity contribution < 1.29 is 13.9 Å². The summed E-state index contributed by atoms with van der Waals surface area (Å²) in [7, 11) is 1.59. The molecule has 0 bridgehead atoms. The Labute approximate surface area is 213 Å². The number of furan rings is 1. The number of rotatable bonds is 7. The van der Waals surface area contributed by atoms with Crippen molar-refractivity contribution in [3.8, 4) is 40.0 Å². The second kappa shape index (κ2) is 10.6. The van der Waals surface area contributed by atoms with Gasteiger partial charge >= 0.3 is 0 Å². The summed E-state index contributed by atoms with van der Waals surface area (Å²) in [6.45, 7) is 6.48. The van der Waals surface area contributed by atoms with Crippen LogP contribution in [0.15, 0.2) is 74.5 Å². The number of nitrogens with zero attached hydrogens (tertiary/aromatic N) is 2. The summed E-state index contributed by atoms with van der Waals surface area (Å²) in [5, 5.41) is 10.1. The van der Waals surface area contributed by atoms with Crippen LogP contribution < -0.4 is 9.47 Å². The molecule has 0 aliphatic rings. The van der Waals surface area contributed by atoms with E-state index in [1.54, 1.807) is 13.3 Å². The molecular weight excluding hydrogens is 504 g/mol. The highest BCUT2D eigenvalue weighted by Gasteiger charge is 2.23. The molecule has 0 fully saturated rings. The van der Waals surface area contributed by atoms with Crippen LogP contribution in [0.25, 0.3) is 22.5 Å². The van der Waals surface area contributed by atoms with Crippen LogP contribution in [0.5, 0.6) is 11.5 Å². The van der Waals surface area contributed by atoms with Crippen molar-refractivity contribution >= 4 is 28.0 Å². The van der Waals surface area contributed by atoms with Crippen LogP contribution in [0.2, 0.25) is 0 Å². The number of benzene rings is 3. The Morgan fingerprint density at radius 2 is 1.63 bits per heavy atom. The molecule has 1 heterocycles. The summed E-state index contributed by atoms with van der Waals surface area (Å²) in [4.78, 5) is 4.58. The molecule has 0 aliphatic heterocycles. The second-order valence-corrected chi connectivity index (χ2v) is 8.91. The number of methoxy groups -OCH3 is 1. The molecule has 0 radical (unpaired) electrons. The molecule has 0 saturated heterocycles. The standard InChI is InChI=1S/C29H25BrN2O3/c1-5-34-25-15-20(14-24(30)28(25)33-4)17-32-29-23(16-31)26(21-10-6-18(2)7-11-21)27(35-29)22-12-8-19(3)9-13-22/h6-15,17H,5H2,1-4H3. The van der Waals surface area contributed by atoms with Crippen molar-refractivity contribution in [2.24, 2.45) is 4.99 Å². The Kier molecular flexibility index (Phi) is 7.38. The molecule has 0 atom stereocenters. The molecule has 0 aliphatic carbocycles. The minimum absolute atomic E-state index is 0.253. The Morgan fingerprint density at radius 1 is 1.00 bits per heavy atom. The summed E-state index contributed by atoms with van der Waals surface area (Å²) in [6.07, 6.45) is 1.66. The minimum Gasteiger partial charge on any atom is -0.492 e. The zero-order valence-electron chi connectivity index (χ0n) is 20.1. The Morgan fingerprint density at radius 3 is 2.20 bits per heavy atom. The molecule has 1 aromatic heterocycles.